The second-order valence-electron chi connectivity index (χ2n) is 8.89. The van der Waals surface area contributed by atoms with Crippen LogP contribution >= 0.6 is 0 Å². The van der Waals surface area contributed by atoms with Gasteiger partial charge in [-0.1, -0.05) is 37.1 Å². The Morgan fingerprint density at radius 2 is 1.68 bits per heavy atom. The molecule has 2 aliphatic heterocycles. The number of likely N-dealkylation sites (tertiary alicyclic amines) is 1. The first-order chi connectivity index (χ1) is 16.5. The Bertz CT molecular complexity index is 1050. The number of carbonyl (C=O) groups is 1. The van der Waals surface area contributed by atoms with Gasteiger partial charge in [-0.25, -0.2) is 8.42 Å². The zero-order valence-corrected chi connectivity index (χ0v) is 20.6. The Hall–Kier alpha value is -2.42. The minimum absolute atomic E-state index is 0.0851. The maximum Gasteiger partial charge on any atom is 0.243 e. The van der Waals surface area contributed by atoms with Crippen LogP contribution in [0.15, 0.2) is 53.4 Å². The number of benzene rings is 2. The molecule has 2 aromatic rings. The Balaban J connectivity index is 1.40. The molecule has 2 fully saturated rings. The van der Waals surface area contributed by atoms with Gasteiger partial charge in [0, 0.05) is 26.1 Å². The standard InChI is InChI=1S/C26H34N2O5S/c1-32-23-11-9-22(10-12-23)25-5-3-2-4-16-28(25)26(29)15-8-21-6-13-24(14-7-21)34(30,31)27-17-19-33-20-18-27/h6-7,9-14,25H,2-5,8,15-20H2,1H3. The van der Waals surface area contributed by atoms with E-state index in [2.05, 4.69) is 12.1 Å². The van der Waals surface area contributed by atoms with Crippen LogP contribution in [-0.2, 0) is 26.0 Å². The normalized spacial score (nSPS) is 20.0. The molecule has 2 aromatic carbocycles. The summed E-state index contributed by atoms with van der Waals surface area (Å²) < 4.78 is 37.6. The fraction of sp³-hybridized carbons (Fsp3) is 0.500. The van der Waals surface area contributed by atoms with Gasteiger partial charge in [0.25, 0.3) is 0 Å². The summed E-state index contributed by atoms with van der Waals surface area (Å²) in [7, 11) is -1.85. The summed E-state index contributed by atoms with van der Waals surface area (Å²) in [6, 6.07) is 15.1. The van der Waals surface area contributed by atoms with Crippen LogP contribution in [0.2, 0.25) is 0 Å². The van der Waals surface area contributed by atoms with Crippen molar-refractivity contribution in [2.75, 3.05) is 40.0 Å². The van der Waals surface area contributed by atoms with Gasteiger partial charge in [-0.05, 0) is 54.7 Å². The molecule has 1 amide bonds. The predicted molar refractivity (Wildman–Crippen MR) is 130 cm³/mol. The molecule has 0 aromatic heterocycles. The zero-order chi connectivity index (χ0) is 24.0. The minimum Gasteiger partial charge on any atom is -0.497 e. The highest BCUT2D eigenvalue weighted by atomic mass is 32.2. The smallest absolute Gasteiger partial charge is 0.243 e. The summed E-state index contributed by atoms with van der Waals surface area (Å²) in [5.41, 5.74) is 2.11. The number of hydrogen-bond acceptors (Lipinski definition) is 5. The van der Waals surface area contributed by atoms with Crippen molar-refractivity contribution >= 4 is 15.9 Å². The number of ether oxygens (including phenoxy) is 2. The molecule has 184 valence electrons. The fourth-order valence-corrected chi connectivity index (χ4v) is 6.15. The monoisotopic (exact) mass is 486 g/mol. The Labute approximate surface area is 202 Å². The van der Waals surface area contributed by atoms with Crippen LogP contribution in [0, 0.1) is 0 Å². The Kier molecular flexibility index (Phi) is 8.24. The minimum atomic E-state index is -3.51. The van der Waals surface area contributed by atoms with Crippen molar-refractivity contribution < 1.29 is 22.7 Å². The summed E-state index contributed by atoms with van der Waals surface area (Å²) in [4.78, 5) is 15.6. The number of hydrogen-bond donors (Lipinski definition) is 0. The molecule has 2 saturated heterocycles. The van der Waals surface area contributed by atoms with Crippen molar-refractivity contribution in [3.8, 4) is 5.75 Å². The van der Waals surface area contributed by atoms with Crippen LogP contribution in [0.4, 0.5) is 0 Å². The molecule has 7 nitrogen and oxygen atoms in total. The molecule has 8 heteroatoms. The maximum absolute atomic E-state index is 13.3. The molecular weight excluding hydrogens is 452 g/mol. The molecule has 2 heterocycles. The first-order valence-corrected chi connectivity index (χ1v) is 13.5. The van der Waals surface area contributed by atoms with Gasteiger partial charge in [0.2, 0.25) is 15.9 Å². The highest BCUT2D eigenvalue weighted by Gasteiger charge is 2.28. The van der Waals surface area contributed by atoms with Crippen molar-refractivity contribution in [3.05, 3.63) is 59.7 Å². The van der Waals surface area contributed by atoms with Crippen LogP contribution in [0.3, 0.4) is 0 Å². The van der Waals surface area contributed by atoms with E-state index in [0.29, 0.717) is 39.1 Å². The average molecular weight is 487 g/mol. The SMILES string of the molecule is COc1ccc(C2CCCCCN2C(=O)CCc2ccc(S(=O)(=O)N3CCOCC3)cc2)cc1. The number of carbonyl (C=O) groups excluding carboxylic acids is 1. The lowest BCUT2D eigenvalue weighted by Crippen LogP contribution is -2.40. The first kappa shape index (κ1) is 24.7. The number of rotatable bonds is 7. The van der Waals surface area contributed by atoms with Crippen molar-refractivity contribution in [1.29, 1.82) is 0 Å². The topological polar surface area (TPSA) is 76.2 Å². The quantitative estimate of drug-likeness (QED) is 0.595. The van der Waals surface area contributed by atoms with E-state index in [1.54, 1.807) is 19.2 Å². The molecule has 0 spiro atoms. The van der Waals surface area contributed by atoms with E-state index in [9.17, 15) is 13.2 Å². The second-order valence-corrected chi connectivity index (χ2v) is 10.8. The van der Waals surface area contributed by atoms with Crippen molar-refractivity contribution in [3.63, 3.8) is 0 Å². The molecule has 0 radical (unpaired) electrons. The van der Waals surface area contributed by atoms with E-state index in [-0.39, 0.29) is 16.8 Å². The van der Waals surface area contributed by atoms with E-state index in [4.69, 9.17) is 9.47 Å². The van der Waals surface area contributed by atoms with E-state index < -0.39 is 10.0 Å². The highest BCUT2D eigenvalue weighted by molar-refractivity contribution is 7.89. The molecule has 1 atom stereocenters. The van der Waals surface area contributed by atoms with Gasteiger partial charge in [0.15, 0.2) is 0 Å². The van der Waals surface area contributed by atoms with E-state index in [1.807, 2.05) is 29.2 Å². The van der Waals surface area contributed by atoms with Gasteiger partial charge in [-0.15, -0.1) is 0 Å². The van der Waals surface area contributed by atoms with Gasteiger partial charge in [0.05, 0.1) is 31.3 Å². The summed E-state index contributed by atoms with van der Waals surface area (Å²) in [5, 5.41) is 0. The van der Waals surface area contributed by atoms with Crippen molar-refractivity contribution in [2.45, 2.75) is 49.5 Å². The van der Waals surface area contributed by atoms with Crippen LogP contribution in [0.25, 0.3) is 0 Å². The van der Waals surface area contributed by atoms with Crippen LogP contribution < -0.4 is 4.74 Å². The van der Waals surface area contributed by atoms with Crippen molar-refractivity contribution in [1.82, 2.24) is 9.21 Å². The number of aryl methyl sites for hydroxylation is 1. The Morgan fingerprint density at radius 3 is 2.35 bits per heavy atom. The number of methoxy groups -OCH3 is 1. The lowest BCUT2D eigenvalue weighted by atomic mass is 10.00. The van der Waals surface area contributed by atoms with Gasteiger partial charge in [-0.3, -0.25) is 4.79 Å². The molecule has 0 bridgehead atoms. The zero-order valence-electron chi connectivity index (χ0n) is 19.8. The van der Waals surface area contributed by atoms with Crippen LogP contribution in [-0.4, -0.2) is 63.5 Å². The fourth-order valence-electron chi connectivity index (χ4n) is 4.74. The molecule has 1 unspecified atom stereocenters. The van der Waals surface area contributed by atoms with E-state index >= 15 is 0 Å². The predicted octanol–water partition coefficient (Wildman–Crippen LogP) is 3.79. The van der Waals surface area contributed by atoms with Gasteiger partial charge < -0.3 is 14.4 Å². The molecule has 34 heavy (non-hydrogen) atoms. The number of sulfonamides is 1. The average Bonchev–Trinajstić information content (AvgIpc) is 3.14. The molecule has 0 aliphatic carbocycles. The molecule has 0 N–H and O–H groups in total. The molecule has 2 aliphatic rings. The third kappa shape index (κ3) is 5.79. The lowest BCUT2D eigenvalue weighted by Gasteiger charge is -2.31. The maximum atomic E-state index is 13.3. The molecule has 0 saturated carbocycles. The van der Waals surface area contributed by atoms with Crippen LogP contribution in [0.1, 0.15) is 49.3 Å². The molecular formula is C26H34N2O5S. The van der Waals surface area contributed by atoms with Gasteiger partial charge >= 0.3 is 0 Å². The number of morpholine rings is 1. The summed E-state index contributed by atoms with van der Waals surface area (Å²) in [5.74, 6) is 0.960. The lowest BCUT2D eigenvalue weighted by molar-refractivity contribution is -0.133. The summed E-state index contributed by atoms with van der Waals surface area (Å²) in [6.07, 6.45) is 5.22. The highest BCUT2D eigenvalue weighted by Crippen LogP contribution is 2.32. The van der Waals surface area contributed by atoms with Gasteiger partial charge in [-0.2, -0.15) is 4.31 Å². The van der Waals surface area contributed by atoms with Gasteiger partial charge in [0.1, 0.15) is 5.75 Å². The van der Waals surface area contributed by atoms with E-state index in [0.717, 1.165) is 49.1 Å². The Morgan fingerprint density at radius 1 is 0.971 bits per heavy atom. The van der Waals surface area contributed by atoms with Crippen LogP contribution in [0.5, 0.6) is 5.75 Å². The second kappa shape index (κ2) is 11.3. The van der Waals surface area contributed by atoms with Crippen molar-refractivity contribution in [2.24, 2.45) is 0 Å². The number of amides is 1. The third-order valence-electron chi connectivity index (χ3n) is 6.73. The first-order valence-electron chi connectivity index (χ1n) is 12.1. The van der Waals surface area contributed by atoms with E-state index in [1.165, 1.54) is 4.31 Å². The summed E-state index contributed by atoms with van der Waals surface area (Å²) >= 11 is 0. The number of nitrogens with zero attached hydrogens (tertiary/aromatic N) is 2. The largest absolute Gasteiger partial charge is 0.497 e. The summed E-state index contributed by atoms with van der Waals surface area (Å²) in [6.45, 7) is 2.38. The molecule has 4 rings (SSSR count). The third-order valence-corrected chi connectivity index (χ3v) is 8.65.